The summed E-state index contributed by atoms with van der Waals surface area (Å²) in [4.78, 5) is 12.1. The summed E-state index contributed by atoms with van der Waals surface area (Å²) in [6.07, 6.45) is 2.15. The van der Waals surface area contributed by atoms with Crippen LogP contribution in [0.5, 0.6) is 5.88 Å². The summed E-state index contributed by atoms with van der Waals surface area (Å²) >= 11 is 0. The lowest BCUT2D eigenvalue weighted by Gasteiger charge is -2.29. The van der Waals surface area contributed by atoms with E-state index in [1.54, 1.807) is 18.3 Å². The highest BCUT2D eigenvalue weighted by Crippen LogP contribution is 2.16. The van der Waals surface area contributed by atoms with Gasteiger partial charge in [0.1, 0.15) is 6.10 Å². The molecule has 0 aromatic carbocycles. The minimum atomic E-state index is -0.863. The van der Waals surface area contributed by atoms with Gasteiger partial charge in [-0.05, 0) is 6.07 Å². The van der Waals surface area contributed by atoms with Gasteiger partial charge < -0.3 is 14.7 Å². The lowest BCUT2D eigenvalue weighted by atomic mass is 10.1. The third-order valence-corrected chi connectivity index (χ3v) is 2.55. The third kappa shape index (κ3) is 2.59. The Morgan fingerprint density at radius 2 is 2.25 bits per heavy atom. The largest absolute Gasteiger partial charge is 0.473 e. The number of rotatable bonds is 2. The van der Waals surface area contributed by atoms with Crippen molar-refractivity contribution in [2.45, 2.75) is 18.9 Å². The van der Waals surface area contributed by atoms with Crippen LogP contribution in [0, 0.1) is 0 Å². The van der Waals surface area contributed by atoms with Crippen LogP contribution in [0.2, 0.25) is 0 Å². The van der Waals surface area contributed by atoms with Gasteiger partial charge in [0.25, 0.3) is 0 Å². The molecule has 2 heterocycles. The van der Waals surface area contributed by atoms with E-state index < -0.39 is 6.09 Å². The van der Waals surface area contributed by atoms with E-state index in [2.05, 4.69) is 10.2 Å². The Kier molecular flexibility index (Phi) is 3.19. The fraction of sp³-hybridized carbons (Fsp3) is 0.500. The first kappa shape index (κ1) is 10.7. The number of hydrogen-bond acceptors (Lipinski definition) is 4. The minimum absolute atomic E-state index is 0.0345. The Balaban J connectivity index is 1.84. The monoisotopic (exact) mass is 223 g/mol. The number of ether oxygens (including phenoxy) is 1. The first-order chi connectivity index (χ1) is 7.75. The highest BCUT2D eigenvalue weighted by Gasteiger charge is 2.23. The van der Waals surface area contributed by atoms with E-state index in [1.807, 2.05) is 0 Å². The van der Waals surface area contributed by atoms with Gasteiger partial charge in [0, 0.05) is 38.2 Å². The second kappa shape index (κ2) is 4.78. The molecule has 0 spiro atoms. The molecule has 0 unspecified atom stereocenters. The van der Waals surface area contributed by atoms with Crippen LogP contribution >= 0.6 is 0 Å². The molecule has 1 aromatic rings. The van der Waals surface area contributed by atoms with Crippen LogP contribution in [0.4, 0.5) is 4.79 Å². The van der Waals surface area contributed by atoms with Crippen molar-refractivity contribution in [3.63, 3.8) is 0 Å². The Morgan fingerprint density at radius 1 is 1.50 bits per heavy atom. The molecule has 1 aromatic heterocycles. The molecule has 86 valence electrons. The first-order valence-corrected chi connectivity index (χ1v) is 5.18. The smallest absolute Gasteiger partial charge is 0.407 e. The van der Waals surface area contributed by atoms with Crippen LogP contribution in [0.3, 0.4) is 0 Å². The van der Waals surface area contributed by atoms with E-state index >= 15 is 0 Å². The topological polar surface area (TPSA) is 75.5 Å². The maximum Gasteiger partial charge on any atom is 0.407 e. The minimum Gasteiger partial charge on any atom is -0.473 e. The summed E-state index contributed by atoms with van der Waals surface area (Å²) in [5.74, 6) is 0.497. The quantitative estimate of drug-likeness (QED) is 0.809. The highest BCUT2D eigenvalue weighted by atomic mass is 16.5. The van der Waals surface area contributed by atoms with E-state index in [4.69, 9.17) is 9.84 Å². The van der Waals surface area contributed by atoms with Gasteiger partial charge in [-0.1, -0.05) is 0 Å². The maximum absolute atomic E-state index is 10.7. The van der Waals surface area contributed by atoms with Crippen molar-refractivity contribution in [2.75, 3.05) is 13.1 Å². The Bertz CT molecular complexity index is 350. The third-order valence-electron chi connectivity index (χ3n) is 2.55. The number of likely N-dealkylation sites (tertiary alicyclic amines) is 1. The molecular weight excluding hydrogens is 210 g/mol. The van der Waals surface area contributed by atoms with Gasteiger partial charge in [-0.2, -0.15) is 5.10 Å². The van der Waals surface area contributed by atoms with Crippen molar-refractivity contribution in [1.29, 1.82) is 0 Å². The van der Waals surface area contributed by atoms with Crippen molar-refractivity contribution in [3.8, 4) is 5.88 Å². The molecule has 1 saturated heterocycles. The van der Waals surface area contributed by atoms with Crippen molar-refractivity contribution in [1.82, 2.24) is 15.1 Å². The lowest BCUT2D eigenvalue weighted by molar-refractivity contribution is 0.0865. The standard InChI is InChI=1S/C10H13N3O3/c14-10(15)13-6-3-8(4-7-13)16-9-2-1-5-11-12-9/h1-2,5,8H,3-4,6-7H2,(H,14,15). The SMILES string of the molecule is O=C(O)N1CCC(Oc2cccnn2)CC1. The van der Waals surface area contributed by atoms with E-state index in [0.717, 1.165) is 0 Å². The highest BCUT2D eigenvalue weighted by molar-refractivity contribution is 5.65. The van der Waals surface area contributed by atoms with Gasteiger partial charge in [-0.3, -0.25) is 0 Å². The summed E-state index contributed by atoms with van der Waals surface area (Å²) in [5, 5.41) is 16.3. The van der Waals surface area contributed by atoms with Gasteiger partial charge in [0.05, 0.1) is 0 Å². The predicted molar refractivity (Wildman–Crippen MR) is 55.3 cm³/mol. The molecule has 6 heteroatoms. The van der Waals surface area contributed by atoms with E-state index in [-0.39, 0.29) is 6.10 Å². The van der Waals surface area contributed by atoms with Crippen LogP contribution in [0.15, 0.2) is 18.3 Å². The summed E-state index contributed by atoms with van der Waals surface area (Å²) in [6.45, 7) is 1.03. The van der Waals surface area contributed by atoms with Gasteiger partial charge >= 0.3 is 6.09 Å². The van der Waals surface area contributed by atoms with Gasteiger partial charge in [0.2, 0.25) is 5.88 Å². The average Bonchev–Trinajstić information content (AvgIpc) is 2.31. The number of piperidine rings is 1. The fourth-order valence-corrected chi connectivity index (χ4v) is 1.69. The second-order valence-corrected chi connectivity index (χ2v) is 3.65. The summed E-state index contributed by atoms with van der Waals surface area (Å²) in [5.41, 5.74) is 0. The molecule has 6 nitrogen and oxygen atoms in total. The molecule has 0 radical (unpaired) electrons. The number of hydrogen-bond donors (Lipinski definition) is 1. The van der Waals surface area contributed by atoms with Crippen LogP contribution < -0.4 is 4.74 Å². The Hall–Kier alpha value is -1.85. The Labute approximate surface area is 92.9 Å². The van der Waals surface area contributed by atoms with Crippen LogP contribution in [0.25, 0.3) is 0 Å². The number of carbonyl (C=O) groups is 1. The van der Waals surface area contributed by atoms with Crippen molar-refractivity contribution in [3.05, 3.63) is 18.3 Å². The summed E-state index contributed by atoms with van der Waals surface area (Å²) in [7, 11) is 0. The average molecular weight is 223 g/mol. The predicted octanol–water partition coefficient (Wildman–Crippen LogP) is 0.998. The number of aromatic nitrogens is 2. The molecular formula is C10H13N3O3. The number of carboxylic acid groups (broad SMARTS) is 1. The molecule has 2 rings (SSSR count). The number of nitrogens with zero attached hydrogens (tertiary/aromatic N) is 3. The molecule has 1 N–H and O–H groups in total. The molecule has 0 saturated carbocycles. The zero-order chi connectivity index (χ0) is 11.4. The van der Waals surface area contributed by atoms with Crippen molar-refractivity contribution < 1.29 is 14.6 Å². The van der Waals surface area contributed by atoms with Gasteiger partial charge in [-0.15, -0.1) is 5.10 Å². The van der Waals surface area contributed by atoms with Crippen LogP contribution in [-0.4, -0.2) is 45.5 Å². The normalized spacial score (nSPS) is 17.1. The van der Waals surface area contributed by atoms with Crippen molar-refractivity contribution in [2.24, 2.45) is 0 Å². The zero-order valence-corrected chi connectivity index (χ0v) is 8.74. The van der Waals surface area contributed by atoms with E-state index in [9.17, 15) is 4.79 Å². The number of amides is 1. The van der Waals surface area contributed by atoms with Crippen LogP contribution in [-0.2, 0) is 0 Å². The van der Waals surface area contributed by atoms with Gasteiger partial charge in [-0.25, -0.2) is 4.79 Å². The first-order valence-electron chi connectivity index (χ1n) is 5.18. The van der Waals surface area contributed by atoms with Gasteiger partial charge in [0.15, 0.2) is 0 Å². The van der Waals surface area contributed by atoms with Crippen molar-refractivity contribution >= 4 is 6.09 Å². The fourth-order valence-electron chi connectivity index (χ4n) is 1.69. The maximum atomic E-state index is 10.7. The molecule has 1 amide bonds. The molecule has 1 fully saturated rings. The molecule has 0 bridgehead atoms. The zero-order valence-electron chi connectivity index (χ0n) is 8.74. The summed E-state index contributed by atoms with van der Waals surface area (Å²) < 4.78 is 5.59. The molecule has 16 heavy (non-hydrogen) atoms. The molecule has 1 aliphatic rings. The molecule has 1 aliphatic heterocycles. The van der Waals surface area contributed by atoms with E-state index in [0.29, 0.717) is 31.8 Å². The lowest BCUT2D eigenvalue weighted by Crippen LogP contribution is -2.41. The molecule has 0 atom stereocenters. The Morgan fingerprint density at radius 3 is 2.81 bits per heavy atom. The molecule has 0 aliphatic carbocycles. The van der Waals surface area contributed by atoms with E-state index in [1.165, 1.54) is 4.90 Å². The second-order valence-electron chi connectivity index (χ2n) is 3.65. The van der Waals surface area contributed by atoms with Crippen LogP contribution in [0.1, 0.15) is 12.8 Å². The summed E-state index contributed by atoms with van der Waals surface area (Å²) in [6, 6.07) is 3.51.